The quantitative estimate of drug-likeness (QED) is 0.908. The lowest BCUT2D eigenvalue weighted by Crippen LogP contribution is -2.57. The van der Waals surface area contributed by atoms with Gasteiger partial charge in [0.2, 0.25) is 10.0 Å². The molecule has 0 saturated carbocycles. The average molecular weight is 288 g/mol. The second-order valence-electron chi connectivity index (χ2n) is 4.74. The zero-order chi connectivity index (χ0) is 13.2. The number of hydrogen-bond acceptors (Lipinski definition) is 4. The minimum atomic E-state index is -3.14. The van der Waals surface area contributed by atoms with E-state index in [9.17, 15) is 8.42 Å². The van der Waals surface area contributed by atoms with Crippen LogP contribution in [-0.2, 0) is 16.4 Å². The molecule has 1 aromatic rings. The molecule has 2 atom stereocenters. The number of rotatable bonds is 4. The van der Waals surface area contributed by atoms with Gasteiger partial charge in [-0.2, -0.15) is 4.31 Å². The molecule has 1 aliphatic rings. The van der Waals surface area contributed by atoms with Crippen LogP contribution in [-0.4, -0.2) is 43.6 Å². The summed E-state index contributed by atoms with van der Waals surface area (Å²) in [5.41, 5.74) is 0. The Morgan fingerprint density at radius 2 is 2.28 bits per heavy atom. The molecule has 0 spiro atoms. The predicted molar refractivity (Wildman–Crippen MR) is 75.4 cm³/mol. The van der Waals surface area contributed by atoms with Crippen LogP contribution in [0.5, 0.6) is 0 Å². The summed E-state index contributed by atoms with van der Waals surface area (Å²) in [5.74, 6) is 0.213. The fraction of sp³-hybridized carbons (Fsp3) is 0.667. The molecule has 0 amide bonds. The SMILES string of the molecule is CC1NCCN(S(=O)(=O)CCc2cccs2)C1C. The highest BCUT2D eigenvalue weighted by atomic mass is 32.2. The summed E-state index contributed by atoms with van der Waals surface area (Å²) in [4.78, 5) is 1.13. The second kappa shape index (κ2) is 5.69. The predicted octanol–water partition coefficient (Wildman–Crippen LogP) is 1.30. The fourth-order valence-electron chi connectivity index (χ4n) is 2.22. The Bertz CT molecular complexity index is 470. The van der Waals surface area contributed by atoms with Crippen LogP contribution in [0.25, 0.3) is 0 Å². The van der Waals surface area contributed by atoms with Crippen molar-refractivity contribution in [2.24, 2.45) is 0 Å². The molecular weight excluding hydrogens is 268 g/mol. The van der Waals surface area contributed by atoms with Gasteiger partial charge in [0.25, 0.3) is 0 Å². The highest BCUT2D eigenvalue weighted by Gasteiger charge is 2.32. The molecule has 1 saturated heterocycles. The van der Waals surface area contributed by atoms with Crippen LogP contribution in [0.2, 0.25) is 0 Å². The number of thiophene rings is 1. The van der Waals surface area contributed by atoms with Crippen LogP contribution >= 0.6 is 11.3 Å². The van der Waals surface area contributed by atoms with Gasteiger partial charge in [-0.25, -0.2) is 8.42 Å². The Balaban J connectivity index is 2.01. The van der Waals surface area contributed by atoms with Crippen molar-refractivity contribution in [2.75, 3.05) is 18.8 Å². The maximum atomic E-state index is 12.3. The van der Waals surface area contributed by atoms with E-state index < -0.39 is 10.0 Å². The molecule has 2 rings (SSSR count). The summed E-state index contributed by atoms with van der Waals surface area (Å²) >= 11 is 1.62. The van der Waals surface area contributed by atoms with E-state index >= 15 is 0 Å². The molecule has 0 aliphatic carbocycles. The number of nitrogens with one attached hydrogen (secondary N) is 1. The first kappa shape index (κ1) is 14.0. The molecule has 6 heteroatoms. The molecule has 2 unspecified atom stereocenters. The summed E-state index contributed by atoms with van der Waals surface area (Å²) in [7, 11) is -3.14. The Morgan fingerprint density at radius 3 is 2.94 bits per heavy atom. The highest BCUT2D eigenvalue weighted by Crippen LogP contribution is 2.17. The van der Waals surface area contributed by atoms with Crippen molar-refractivity contribution in [1.82, 2.24) is 9.62 Å². The van der Waals surface area contributed by atoms with Gasteiger partial charge < -0.3 is 5.32 Å². The number of hydrogen-bond donors (Lipinski definition) is 1. The maximum Gasteiger partial charge on any atom is 0.214 e. The smallest absolute Gasteiger partial charge is 0.214 e. The number of sulfonamides is 1. The van der Waals surface area contributed by atoms with Crippen LogP contribution < -0.4 is 5.32 Å². The minimum Gasteiger partial charge on any atom is -0.311 e. The molecule has 1 N–H and O–H groups in total. The largest absolute Gasteiger partial charge is 0.311 e. The monoisotopic (exact) mass is 288 g/mol. The van der Waals surface area contributed by atoms with E-state index in [1.165, 1.54) is 0 Å². The average Bonchev–Trinajstić information content (AvgIpc) is 2.83. The third-order valence-electron chi connectivity index (χ3n) is 3.52. The molecule has 1 aromatic heterocycles. The van der Waals surface area contributed by atoms with Gasteiger partial charge >= 0.3 is 0 Å². The van der Waals surface area contributed by atoms with Gasteiger partial charge in [0, 0.05) is 30.1 Å². The highest BCUT2D eigenvalue weighted by molar-refractivity contribution is 7.89. The Hall–Kier alpha value is -0.430. The zero-order valence-electron chi connectivity index (χ0n) is 10.8. The topological polar surface area (TPSA) is 49.4 Å². The van der Waals surface area contributed by atoms with Crippen molar-refractivity contribution in [3.63, 3.8) is 0 Å². The van der Waals surface area contributed by atoms with Crippen LogP contribution in [0.1, 0.15) is 18.7 Å². The Morgan fingerprint density at radius 1 is 1.50 bits per heavy atom. The lowest BCUT2D eigenvalue weighted by atomic mass is 10.1. The van der Waals surface area contributed by atoms with Crippen LogP contribution in [0.3, 0.4) is 0 Å². The first-order valence-electron chi connectivity index (χ1n) is 6.26. The fourth-order valence-corrected chi connectivity index (χ4v) is 4.83. The van der Waals surface area contributed by atoms with E-state index in [1.807, 2.05) is 31.4 Å². The van der Waals surface area contributed by atoms with Gasteiger partial charge in [0.05, 0.1) is 5.75 Å². The van der Waals surface area contributed by atoms with E-state index in [1.54, 1.807) is 15.6 Å². The van der Waals surface area contributed by atoms with Gasteiger partial charge in [-0.1, -0.05) is 6.07 Å². The lowest BCUT2D eigenvalue weighted by molar-refractivity contribution is 0.233. The lowest BCUT2D eigenvalue weighted by Gasteiger charge is -2.37. The minimum absolute atomic E-state index is 0.0343. The number of piperazine rings is 1. The van der Waals surface area contributed by atoms with Crippen molar-refractivity contribution < 1.29 is 8.42 Å². The van der Waals surface area contributed by atoms with Crippen LogP contribution in [0, 0.1) is 0 Å². The van der Waals surface area contributed by atoms with Gasteiger partial charge in [-0.05, 0) is 31.7 Å². The van der Waals surface area contributed by atoms with E-state index in [0.29, 0.717) is 13.0 Å². The van der Waals surface area contributed by atoms with Gasteiger partial charge in [-0.15, -0.1) is 11.3 Å². The normalized spacial score (nSPS) is 26.3. The van der Waals surface area contributed by atoms with Gasteiger partial charge in [-0.3, -0.25) is 0 Å². The molecule has 0 radical (unpaired) electrons. The molecule has 0 aromatic carbocycles. The van der Waals surface area contributed by atoms with Crippen molar-refractivity contribution >= 4 is 21.4 Å². The molecule has 1 aliphatic heterocycles. The van der Waals surface area contributed by atoms with Crippen molar-refractivity contribution in [3.05, 3.63) is 22.4 Å². The molecular formula is C12H20N2O2S2. The first-order valence-corrected chi connectivity index (χ1v) is 8.75. The molecule has 0 bridgehead atoms. The van der Waals surface area contributed by atoms with E-state index in [4.69, 9.17) is 0 Å². The summed E-state index contributed by atoms with van der Waals surface area (Å²) in [6, 6.07) is 4.20. The summed E-state index contributed by atoms with van der Waals surface area (Å²) in [6.07, 6.45) is 0.616. The van der Waals surface area contributed by atoms with Crippen LogP contribution in [0.15, 0.2) is 17.5 Å². The summed E-state index contributed by atoms with van der Waals surface area (Å²) in [6.45, 7) is 5.33. The van der Waals surface area contributed by atoms with Gasteiger partial charge in [0.1, 0.15) is 0 Å². The molecule has 18 heavy (non-hydrogen) atoms. The third-order valence-corrected chi connectivity index (χ3v) is 6.41. The van der Waals surface area contributed by atoms with Crippen molar-refractivity contribution in [2.45, 2.75) is 32.4 Å². The van der Waals surface area contributed by atoms with Crippen LogP contribution in [0.4, 0.5) is 0 Å². The summed E-state index contributed by atoms with van der Waals surface area (Å²) in [5, 5.41) is 5.28. The maximum absolute atomic E-state index is 12.3. The molecule has 102 valence electrons. The first-order chi connectivity index (χ1) is 8.50. The zero-order valence-corrected chi connectivity index (χ0v) is 12.4. The second-order valence-corrected chi connectivity index (χ2v) is 7.81. The number of nitrogens with zero attached hydrogens (tertiary/aromatic N) is 1. The van der Waals surface area contributed by atoms with E-state index in [0.717, 1.165) is 11.4 Å². The third kappa shape index (κ3) is 3.12. The van der Waals surface area contributed by atoms with E-state index in [-0.39, 0.29) is 17.8 Å². The van der Waals surface area contributed by atoms with Gasteiger partial charge in [0.15, 0.2) is 0 Å². The van der Waals surface area contributed by atoms with E-state index in [2.05, 4.69) is 5.32 Å². The van der Waals surface area contributed by atoms with Crippen molar-refractivity contribution in [1.29, 1.82) is 0 Å². The number of aryl methyl sites for hydroxylation is 1. The molecule has 4 nitrogen and oxygen atoms in total. The summed E-state index contributed by atoms with van der Waals surface area (Å²) < 4.78 is 26.3. The molecule has 1 fully saturated rings. The Labute approximate surface area is 113 Å². The van der Waals surface area contributed by atoms with Crippen molar-refractivity contribution in [3.8, 4) is 0 Å². The Kier molecular flexibility index (Phi) is 4.42. The standard InChI is InChI=1S/C12H20N2O2S2/c1-10-11(2)14(7-6-13-10)18(15,16)9-5-12-4-3-8-17-12/h3-4,8,10-11,13H,5-7,9H2,1-2H3. The molecule has 2 heterocycles.